The van der Waals surface area contributed by atoms with Crippen LogP contribution in [0.25, 0.3) is 10.9 Å². The van der Waals surface area contributed by atoms with Gasteiger partial charge in [0.2, 0.25) is 0 Å². The van der Waals surface area contributed by atoms with Crippen LogP contribution in [0.1, 0.15) is 0 Å². The Balaban J connectivity index is 2.07. The fraction of sp³-hybridized carbons (Fsp3) is 0.125. The van der Waals surface area contributed by atoms with Gasteiger partial charge in [-0.15, -0.1) is 0 Å². The number of hydrogen-bond donors (Lipinski definition) is 1. The first kappa shape index (κ1) is 14.7. The van der Waals surface area contributed by atoms with Crippen molar-refractivity contribution in [1.29, 1.82) is 0 Å². The number of phenolic OH excluding ortho intramolecular Hbond substituents is 1. The number of benzene rings is 2. The second-order valence-corrected chi connectivity index (χ2v) is 6.99. The third-order valence-electron chi connectivity index (χ3n) is 3.20. The third-order valence-corrected chi connectivity index (χ3v) is 5.56. The quantitative estimate of drug-likeness (QED) is 0.706. The average Bonchev–Trinajstić information content (AvgIpc) is 2.56. The monoisotopic (exact) mass is 357 g/mol. The Bertz CT molecular complexity index is 806. The van der Waals surface area contributed by atoms with Crippen LogP contribution >= 0.6 is 0 Å². The van der Waals surface area contributed by atoms with Crippen LogP contribution in [-0.4, -0.2) is 45.0 Å². The van der Waals surface area contributed by atoms with Crippen molar-refractivity contribution in [2.45, 2.75) is 0 Å². The maximum absolute atomic E-state index is 9.37. The van der Waals surface area contributed by atoms with Crippen molar-refractivity contribution >= 4 is 35.5 Å². The van der Waals surface area contributed by atoms with Gasteiger partial charge in [-0.2, -0.15) is 0 Å². The van der Waals surface area contributed by atoms with Gasteiger partial charge in [0.25, 0.3) is 0 Å². The molecular weight excluding hydrogens is 343 g/mol. The van der Waals surface area contributed by atoms with Gasteiger partial charge in [-0.3, -0.25) is 0 Å². The summed E-state index contributed by atoms with van der Waals surface area (Å²) in [7, 11) is 3.22. The van der Waals surface area contributed by atoms with Crippen molar-refractivity contribution in [1.82, 2.24) is 9.97 Å². The Morgan fingerprint density at radius 1 is 0.955 bits per heavy atom. The van der Waals surface area contributed by atoms with E-state index < -0.39 is 0 Å². The molecule has 0 unspecified atom stereocenters. The minimum absolute atomic E-state index is 0.268. The number of aromatic nitrogens is 2. The summed E-state index contributed by atoms with van der Waals surface area (Å²) >= 11 is -0.311. The van der Waals surface area contributed by atoms with E-state index in [0.717, 1.165) is 19.7 Å². The molecule has 111 valence electrons. The second-order valence-electron chi connectivity index (χ2n) is 4.55. The predicted molar refractivity (Wildman–Crippen MR) is 85.8 cm³/mol. The number of rotatable bonds is 4. The van der Waals surface area contributed by atoms with E-state index in [4.69, 9.17) is 9.47 Å². The van der Waals surface area contributed by atoms with E-state index in [9.17, 15) is 5.11 Å². The van der Waals surface area contributed by atoms with Crippen molar-refractivity contribution in [3.63, 3.8) is 0 Å². The van der Waals surface area contributed by atoms with Gasteiger partial charge in [-0.05, 0) is 0 Å². The number of ether oxygens (including phenoxy) is 2. The molecule has 0 saturated heterocycles. The van der Waals surface area contributed by atoms with Gasteiger partial charge in [0.05, 0.1) is 0 Å². The molecule has 5 nitrogen and oxygen atoms in total. The fourth-order valence-electron chi connectivity index (χ4n) is 2.11. The number of phenols is 1. The topological polar surface area (TPSA) is 64.5 Å². The summed E-state index contributed by atoms with van der Waals surface area (Å²) in [4.78, 5) is 8.74. The predicted octanol–water partition coefficient (Wildman–Crippen LogP) is 1.01. The van der Waals surface area contributed by atoms with E-state index in [-0.39, 0.29) is 21.5 Å². The molecule has 0 fully saturated rings. The summed E-state index contributed by atoms with van der Waals surface area (Å²) < 4.78 is 12.8. The Kier molecular flexibility index (Phi) is 4.16. The number of hydrogen-bond acceptors (Lipinski definition) is 5. The molecule has 0 amide bonds. The molecule has 1 radical (unpaired) electrons. The second kappa shape index (κ2) is 6.24. The van der Waals surface area contributed by atoms with Crippen LogP contribution in [0.5, 0.6) is 17.2 Å². The van der Waals surface area contributed by atoms with E-state index in [1.165, 1.54) is 0 Å². The molecule has 0 spiro atoms. The third kappa shape index (κ3) is 2.85. The molecule has 1 aromatic heterocycles. The molecule has 0 aliphatic rings. The summed E-state index contributed by atoms with van der Waals surface area (Å²) in [6, 6.07) is 11.0. The maximum atomic E-state index is 9.37. The summed E-state index contributed by atoms with van der Waals surface area (Å²) in [6.07, 6.45) is 1.57. The van der Waals surface area contributed by atoms with Gasteiger partial charge >= 0.3 is 134 Å². The average molecular weight is 357 g/mol. The Hall–Kier alpha value is -2.26. The molecule has 2 aromatic carbocycles. The molecule has 3 aromatic rings. The molecule has 0 atom stereocenters. The molecule has 0 aliphatic carbocycles. The minimum atomic E-state index is -0.311. The normalized spacial score (nSPS) is 11.2. The van der Waals surface area contributed by atoms with Gasteiger partial charge in [0.15, 0.2) is 0 Å². The first-order chi connectivity index (χ1) is 10.7. The van der Waals surface area contributed by atoms with Crippen molar-refractivity contribution in [3.8, 4) is 17.2 Å². The molecule has 0 aliphatic heterocycles. The molecule has 3 rings (SSSR count). The summed E-state index contributed by atoms with van der Waals surface area (Å²) in [5.41, 5.74) is 0.830. The van der Waals surface area contributed by atoms with Crippen LogP contribution < -0.4 is 18.3 Å². The van der Waals surface area contributed by atoms with E-state index in [1.54, 1.807) is 32.7 Å². The van der Waals surface area contributed by atoms with Gasteiger partial charge in [0, 0.05) is 0 Å². The zero-order valence-corrected chi connectivity index (χ0v) is 14.0. The van der Waals surface area contributed by atoms with E-state index in [1.807, 2.05) is 24.3 Å². The fourth-order valence-corrected chi connectivity index (χ4v) is 4.10. The molecule has 0 saturated carbocycles. The number of fused-ring (bicyclic) bond motifs is 1. The molecule has 0 bridgehead atoms. The van der Waals surface area contributed by atoms with Crippen LogP contribution in [0.2, 0.25) is 0 Å². The zero-order chi connectivity index (χ0) is 15.5. The molecule has 22 heavy (non-hydrogen) atoms. The van der Waals surface area contributed by atoms with Crippen LogP contribution in [0.3, 0.4) is 0 Å². The summed E-state index contributed by atoms with van der Waals surface area (Å²) in [6.45, 7) is 0. The molecule has 1 heterocycles. The van der Waals surface area contributed by atoms with E-state index in [0.29, 0.717) is 11.5 Å². The van der Waals surface area contributed by atoms with Crippen LogP contribution in [-0.2, 0) is 0 Å². The standard InChI is InChI=1S/C16H14AsN2O3/c1-21-14-7-12-13(8-15(14)22-2)18-9-19-16(12)17-10-3-5-11(20)6-4-10/h3-9,20H,1-2H3. The SMILES string of the molecule is COc1cc2ncnc([As]c3ccc(O)cc3)c2cc1OC. The van der Waals surface area contributed by atoms with Gasteiger partial charge in [0.1, 0.15) is 0 Å². The van der Waals surface area contributed by atoms with Crippen molar-refractivity contribution < 1.29 is 14.6 Å². The van der Waals surface area contributed by atoms with Crippen molar-refractivity contribution in [2.24, 2.45) is 0 Å². The van der Waals surface area contributed by atoms with Crippen molar-refractivity contribution in [3.05, 3.63) is 42.7 Å². The van der Waals surface area contributed by atoms with Crippen LogP contribution in [0, 0.1) is 0 Å². The Labute approximate surface area is 134 Å². The molecular formula is C16H14AsN2O3. The summed E-state index contributed by atoms with van der Waals surface area (Å²) in [5, 5.41) is 10.3. The number of nitrogens with zero attached hydrogens (tertiary/aromatic N) is 2. The molecule has 6 heteroatoms. The van der Waals surface area contributed by atoms with Gasteiger partial charge < -0.3 is 0 Å². The molecule has 1 N–H and O–H groups in total. The Morgan fingerprint density at radius 2 is 1.64 bits per heavy atom. The number of methoxy groups -OCH3 is 2. The van der Waals surface area contributed by atoms with Gasteiger partial charge in [-0.25, -0.2) is 0 Å². The Morgan fingerprint density at radius 3 is 2.32 bits per heavy atom. The van der Waals surface area contributed by atoms with Crippen LogP contribution in [0.4, 0.5) is 0 Å². The van der Waals surface area contributed by atoms with E-state index in [2.05, 4.69) is 9.97 Å². The zero-order valence-electron chi connectivity index (χ0n) is 12.1. The van der Waals surface area contributed by atoms with Crippen LogP contribution in [0.15, 0.2) is 42.7 Å². The number of aromatic hydroxyl groups is 1. The summed E-state index contributed by atoms with van der Waals surface area (Å²) in [5.74, 6) is 1.59. The van der Waals surface area contributed by atoms with Gasteiger partial charge in [-0.1, -0.05) is 0 Å². The van der Waals surface area contributed by atoms with E-state index >= 15 is 0 Å². The first-order valence-corrected chi connectivity index (χ1v) is 8.46. The first-order valence-electron chi connectivity index (χ1n) is 6.59. The van der Waals surface area contributed by atoms with Crippen molar-refractivity contribution in [2.75, 3.05) is 14.2 Å².